The highest BCUT2D eigenvalue weighted by Crippen LogP contribution is 2.05. The Bertz CT molecular complexity index is 442. The Morgan fingerprint density at radius 2 is 2.15 bits per heavy atom. The van der Waals surface area contributed by atoms with E-state index in [-0.39, 0.29) is 5.56 Å². The Balaban J connectivity index is 2.36. The van der Waals surface area contributed by atoms with E-state index in [9.17, 15) is 4.79 Å². The van der Waals surface area contributed by atoms with Gasteiger partial charge in [-0.25, -0.2) is 4.68 Å². The summed E-state index contributed by atoms with van der Waals surface area (Å²) < 4.78 is 1.52. The summed E-state index contributed by atoms with van der Waals surface area (Å²) in [5, 5.41) is 7.57. The van der Waals surface area contributed by atoms with Crippen molar-refractivity contribution in [3.8, 4) is 0 Å². The van der Waals surface area contributed by atoms with E-state index in [2.05, 4.69) is 24.3 Å². The van der Waals surface area contributed by atoms with Crippen LogP contribution >= 0.6 is 0 Å². The SMILES string of the molecule is CCN(C)c1cnn(CCNCCCC(C)C)c(=O)c1. The Morgan fingerprint density at radius 1 is 1.40 bits per heavy atom. The molecular weight excluding hydrogens is 252 g/mol. The second kappa shape index (κ2) is 8.74. The average Bonchev–Trinajstić information content (AvgIpc) is 2.42. The van der Waals surface area contributed by atoms with Gasteiger partial charge in [0.2, 0.25) is 0 Å². The first-order chi connectivity index (χ1) is 9.54. The van der Waals surface area contributed by atoms with Crippen molar-refractivity contribution in [2.45, 2.75) is 40.2 Å². The average molecular weight is 280 g/mol. The van der Waals surface area contributed by atoms with Crippen LogP contribution in [0.3, 0.4) is 0 Å². The van der Waals surface area contributed by atoms with Crippen molar-refractivity contribution in [3.63, 3.8) is 0 Å². The van der Waals surface area contributed by atoms with Gasteiger partial charge in [-0.15, -0.1) is 0 Å². The summed E-state index contributed by atoms with van der Waals surface area (Å²) in [6.45, 7) is 9.79. The number of nitrogens with zero attached hydrogens (tertiary/aromatic N) is 3. The van der Waals surface area contributed by atoms with Gasteiger partial charge in [-0.1, -0.05) is 13.8 Å². The first kappa shape index (κ1) is 16.7. The molecule has 0 saturated carbocycles. The van der Waals surface area contributed by atoms with Gasteiger partial charge < -0.3 is 10.2 Å². The number of rotatable bonds is 9. The van der Waals surface area contributed by atoms with E-state index in [0.29, 0.717) is 6.54 Å². The third-order valence-corrected chi connectivity index (χ3v) is 3.41. The van der Waals surface area contributed by atoms with E-state index < -0.39 is 0 Å². The van der Waals surface area contributed by atoms with Gasteiger partial charge in [-0.05, 0) is 32.2 Å². The molecule has 0 saturated heterocycles. The van der Waals surface area contributed by atoms with Crippen molar-refractivity contribution in [1.29, 1.82) is 0 Å². The molecule has 0 bridgehead atoms. The molecule has 0 aliphatic rings. The number of hydrogen-bond acceptors (Lipinski definition) is 4. The highest BCUT2D eigenvalue weighted by Gasteiger charge is 2.03. The molecule has 0 aromatic carbocycles. The Kier molecular flexibility index (Phi) is 7.30. The molecule has 114 valence electrons. The minimum absolute atomic E-state index is 0.0354. The molecular formula is C15H28N4O. The molecule has 1 rings (SSSR count). The van der Waals surface area contributed by atoms with E-state index in [0.717, 1.165) is 31.2 Å². The maximum absolute atomic E-state index is 11.9. The number of hydrogen-bond donors (Lipinski definition) is 1. The molecule has 1 heterocycles. The van der Waals surface area contributed by atoms with E-state index in [1.54, 1.807) is 12.3 Å². The van der Waals surface area contributed by atoms with Crippen LogP contribution in [0.15, 0.2) is 17.1 Å². The smallest absolute Gasteiger partial charge is 0.268 e. The fourth-order valence-electron chi connectivity index (χ4n) is 1.93. The maximum Gasteiger partial charge on any atom is 0.268 e. The van der Waals surface area contributed by atoms with Gasteiger partial charge in [0.25, 0.3) is 5.56 Å². The highest BCUT2D eigenvalue weighted by molar-refractivity contribution is 5.41. The molecule has 0 amide bonds. The standard InChI is InChI=1S/C15H28N4O/c1-5-18(4)14-11-15(20)19(17-12-14)10-9-16-8-6-7-13(2)3/h11-13,16H,5-10H2,1-4H3. The predicted molar refractivity (Wildman–Crippen MR) is 84.4 cm³/mol. The number of nitrogens with one attached hydrogen (secondary N) is 1. The topological polar surface area (TPSA) is 50.2 Å². The van der Waals surface area contributed by atoms with Gasteiger partial charge in [0.1, 0.15) is 0 Å². The maximum atomic E-state index is 11.9. The minimum atomic E-state index is -0.0354. The molecule has 0 aliphatic carbocycles. The summed E-state index contributed by atoms with van der Waals surface area (Å²) in [5.74, 6) is 0.754. The molecule has 1 aromatic rings. The zero-order valence-electron chi connectivity index (χ0n) is 13.2. The van der Waals surface area contributed by atoms with E-state index in [4.69, 9.17) is 0 Å². The zero-order valence-corrected chi connectivity index (χ0v) is 13.2. The Hall–Kier alpha value is -1.36. The molecule has 5 heteroatoms. The van der Waals surface area contributed by atoms with Crippen molar-refractivity contribution in [1.82, 2.24) is 15.1 Å². The van der Waals surface area contributed by atoms with Crippen LogP contribution in [-0.2, 0) is 6.54 Å². The normalized spacial score (nSPS) is 11.1. The van der Waals surface area contributed by atoms with Crippen LogP contribution in [0.2, 0.25) is 0 Å². The fraction of sp³-hybridized carbons (Fsp3) is 0.733. The Labute approximate surface area is 122 Å². The van der Waals surface area contributed by atoms with Gasteiger partial charge in [-0.2, -0.15) is 5.10 Å². The third kappa shape index (κ3) is 5.74. The van der Waals surface area contributed by atoms with Crippen LogP contribution in [0.1, 0.15) is 33.6 Å². The molecule has 0 atom stereocenters. The summed E-state index contributed by atoms with van der Waals surface area (Å²) in [7, 11) is 1.96. The quantitative estimate of drug-likeness (QED) is 0.700. The largest absolute Gasteiger partial charge is 0.373 e. The van der Waals surface area contributed by atoms with Gasteiger partial charge >= 0.3 is 0 Å². The summed E-state index contributed by atoms with van der Waals surface area (Å²) in [6, 6.07) is 1.65. The molecule has 0 spiro atoms. The lowest BCUT2D eigenvalue weighted by molar-refractivity contribution is 0.496. The van der Waals surface area contributed by atoms with E-state index in [1.807, 2.05) is 18.9 Å². The third-order valence-electron chi connectivity index (χ3n) is 3.41. The first-order valence-corrected chi connectivity index (χ1v) is 7.53. The monoisotopic (exact) mass is 280 g/mol. The van der Waals surface area contributed by atoms with Crippen LogP contribution in [0, 0.1) is 5.92 Å². The van der Waals surface area contributed by atoms with Gasteiger partial charge in [0, 0.05) is 26.2 Å². The molecule has 1 N–H and O–H groups in total. The van der Waals surface area contributed by atoms with Crippen molar-refractivity contribution < 1.29 is 0 Å². The molecule has 0 radical (unpaired) electrons. The molecule has 5 nitrogen and oxygen atoms in total. The second-order valence-corrected chi connectivity index (χ2v) is 5.58. The van der Waals surface area contributed by atoms with Crippen molar-refractivity contribution in [3.05, 3.63) is 22.6 Å². The zero-order chi connectivity index (χ0) is 15.0. The van der Waals surface area contributed by atoms with Crippen LogP contribution in [-0.4, -0.2) is 36.5 Å². The molecule has 1 aromatic heterocycles. The summed E-state index contributed by atoms with van der Waals surface area (Å²) in [5.41, 5.74) is 0.838. The molecule has 20 heavy (non-hydrogen) atoms. The predicted octanol–water partition coefficient (Wildman–Crippen LogP) is 1.73. The summed E-state index contributed by atoms with van der Waals surface area (Å²) in [6.07, 6.45) is 4.17. The highest BCUT2D eigenvalue weighted by atomic mass is 16.1. The minimum Gasteiger partial charge on any atom is -0.373 e. The van der Waals surface area contributed by atoms with Crippen LogP contribution < -0.4 is 15.8 Å². The van der Waals surface area contributed by atoms with E-state index >= 15 is 0 Å². The summed E-state index contributed by atoms with van der Waals surface area (Å²) >= 11 is 0. The van der Waals surface area contributed by atoms with Crippen LogP contribution in [0.25, 0.3) is 0 Å². The molecule has 0 aliphatic heterocycles. The van der Waals surface area contributed by atoms with Crippen LogP contribution in [0.4, 0.5) is 5.69 Å². The lowest BCUT2D eigenvalue weighted by Crippen LogP contribution is -2.30. The lowest BCUT2D eigenvalue weighted by Gasteiger charge is -2.16. The Morgan fingerprint density at radius 3 is 2.75 bits per heavy atom. The van der Waals surface area contributed by atoms with Gasteiger partial charge in [-0.3, -0.25) is 4.79 Å². The first-order valence-electron chi connectivity index (χ1n) is 7.53. The number of anilines is 1. The van der Waals surface area contributed by atoms with Crippen molar-refractivity contribution >= 4 is 5.69 Å². The van der Waals surface area contributed by atoms with Crippen molar-refractivity contribution in [2.75, 3.05) is 31.6 Å². The van der Waals surface area contributed by atoms with Gasteiger partial charge in [0.15, 0.2) is 0 Å². The van der Waals surface area contributed by atoms with Crippen molar-refractivity contribution in [2.24, 2.45) is 5.92 Å². The molecule has 0 fully saturated rings. The fourth-order valence-corrected chi connectivity index (χ4v) is 1.93. The number of aromatic nitrogens is 2. The van der Waals surface area contributed by atoms with Crippen LogP contribution in [0.5, 0.6) is 0 Å². The van der Waals surface area contributed by atoms with E-state index in [1.165, 1.54) is 17.5 Å². The summed E-state index contributed by atoms with van der Waals surface area (Å²) in [4.78, 5) is 13.9. The lowest BCUT2D eigenvalue weighted by atomic mass is 10.1. The van der Waals surface area contributed by atoms with Gasteiger partial charge in [0.05, 0.1) is 18.4 Å². The molecule has 0 unspecified atom stereocenters. The second-order valence-electron chi connectivity index (χ2n) is 5.58.